The molecule has 1 fully saturated rings. The molecule has 3 rings (SSSR count). The van der Waals surface area contributed by atoms with Gasteiger partial charge < -0.3 is 26.4 Å². The number of piperidine rings is 1. The summed E-state index contributed by atoms with van der Waals surface area (Å²) in [7, 11) is 0. The Bertz CT molecular complexity index is 915. The Labute approximate surface area is 179 Å². The summed E-state index contributed by atoms with van der Waals surface area (Å²) < 4.78 is 18.7. The smallest absolute Gasteiger partial charge is 0.316 e. The second-order valence-corrected chi connectivity index (χ2v) is 7.90. The largest absolute Gasteiger partial charge is 0.482 e. The second kappa shape index (κ2) is 9.32. The van der Waals surface area contributed by atoms with Crippen LogP contribution in [0.3, 0.4) is 0 Å². The SMILES string of the molecule is NC(=O)Nc1cc(Cl)ccc1OCC(=O)N1CCC(N)(Cc2ccc(F)cc2)CC1. The number of rotatable bonds is 6. The summed E-state index contributed by atoms with van der Waals surface area (Å²) >= 11 is 5.92. The minimum Gasteiger partial charge on any atom is -0.482 e. The Morgan fingerprint density at radius 3 is 2.47 bits per heavy atom. The summed E-state index contributed by atoms with van der Waals surface area (Å²) in [4.78, 5) is 25.4. The van der Waals surface area contributed by atoms with Crippen LogP contribution < -0.4 is 21.5 Å². The molecule has 160 valence electrons. The lowest BCUT2D eigenvalue weighted by Gasteiger charge is -2.39. The minimum atomic E-state index is -0.759. The molecule has 2 aromatic rings. The van der Waals surface area contributed by atoms with Gasteiger partial charge in [0.1, 0.15) is 11.6 Å². The van der Waals surface area contributed by atoms with Crippen molar-refractivity contribution < 1.29 is 18.7 Å². The predicted molar refractivity (Wildman–Crippen MR) is 113 cm³/mol. The van der Waals surface area contributed by atoms with Gasteiger partial charge in [0.05, 0.1) is 5.69 Å². The highest BCUT2D eigenvalue weighted by Crippen LogP contribution is 2.28. The van der Waals surface area contributed by atoms with Crippen LogP contribution in [0.15, 0.2) is 42.5 Å². The lowest BCUT2D eigenvalue weighted by atomic mass is 9.83. The lowest BCUT2D eigenvalue weighted by Crippen LogP contribution is -2.53. The first-order valence-electron chi connectivity index (χ1n) is 9.54. The molecule has 0 aliphatic carbocycles. The third kappa shape index (κ3) is 5.84. The normalized spacial score (nSPS) is 15.5. The molecule has 0 bridgehead atoms. The zero-order chi connectivity index (χ0) is 21.7. The van der Waals surface area contributed by atoms with E-state index in [9.17, 15) is 14.0 Å². The van der Waals surface area contributed by atoms with Crippen LogP contribution in [0.2, 0.25) is 5.02 Å². The van der Waals surface area contributed by atoms with E-state index in [2.05, 4.69) is 5.32 Å². The fourth-order valence-electron chi connectivity index (χ4n) is 3.48. The van der Waals surface area contributed by atoms with Crippen molar-refractivity contribution in [1.29, 1.82) is 0 Å². The Hall–Kier alpha value is -2.84. The molecule has 1 saturated heterocycles. The summed E-state index contributed by atoms with van der Waals surface area (Å²) in [6.45, 7) is 0.824. The van der Waals surface area contributed by atoms with E-state index in [0.717, 1.165) is 5.56 Å². The van der Waals surface area contributed by atoms with Crippen molar-refractivity contribution >= 4 is 29.2 Å². The van der Waals surface area contributed by atoms with Crippen molar-refractivity contribution in [2.75, 3.05) is 25.0 Å². The average Bonchev–Trinajstić information content (AvgIpc) is 2.69. The predicted octanol–water partition coefficient (Wildman–Crippen LogP) is 2.91. The number of nitrogens with zero attached hydrogens (tertiary/aromatic N) is 1. The van der Waals surface area contributed by atoms with E-state index < -0.39 is 11.6 Å². The number of urea groups is 1. The molecule has 9 heteroatoms. The number of nitrogens with one attached hydrogen (secondary N) is 1. The Morgan fingerprint density at radius 2 is 1.83 bits per heavy atom. The average molecular weight is 435 g/mol. The number of likely N-dealkylation sites (tertiary alicyclic amines) is 1. The molecule has 30 heavy (non-hydrogen) atoms. The van der Waals surface area contributed by atoms with Crippen LogP contribution in [-0.2, 0) is 11.2 Å². The molecule has 0 spiro atoms. The van der Waals surface area contributed by atoms with Gasteiger partial charge in [-0.25, -0.2) is 9.18 Å². The van der Waals surface area contributed by atoms with E-state index in [-0.39, 0.29) is 18.3 Å². The highest BCUT2D eigenvalue weighted by atomic mass is 35.5. The quantitative estimate of drug-likeness (QED) is 0.649. The van der Waals surface area contributed by atoms with Crippen LogP contribution >= 0.6 is 11.6 Å². The van der Waals surface area contributed by atoms with Crippen LogP contribution in [0.4, 0.5) is 14.9 Å². The summed E-state index contributed by atoms with van der Waals surface area (Å²) in [5.41, 5.74) is 12.5. The van der Waals surface area contributed by atoms with Gasteiger partial charge in [-0.2, -0.15) is 0 Å². The minimum absolute atomic E-state index is 0.182. The maximum absolute atomic E-state index is 13.1. The molecule has 3 amide bonds. The van der Waals surface area contributed by atoms with Gasteiger partial charge in [-0.3, -0.25) is 4.79 Å². The van der Waals surface area contributed by atoms with Gasteiger partial charge in [0.2, 0.25) is 0 Å². The molecular formula is C21H24ClFN4O3. The molecule has 5 N–H and O–H groups in total. The van der Waals surface area contributed by atoms with Crippen LogP contribution in [0.5, 0.6) is 5.75 Å². The second-order valence-electron chi connectivity index (χ2n) is 7.46. The highest BCUT2D eigenvalue weighted by molar-refractivity contribution is 6.31. The van der Waals surface area contributed by atoms with Crippen molar-refractivity contribution in [3.05, 3.63) is 58.9 Å². The summed E-state index contributed by atoms with van der Waals surface area (Å²) in [5.74, 6) is -0.160. The molecule has 0 atom stereocenters. The molecule has 1 aliphatic heterocycles. The first-order valence-corrected chi connectivity index (χ1v) is 9.92. The van der Waals surface area contributed by atoms with Gasteiger partial charge in [-0.15, -0.1) is 0 Å². The standard InChI is InChI=1S/C21H24ClFN4O3/c22-15-3-6-18(17(11-15)26-20(24)29)30-13-19(28)27-9-7-21(25,8-10-27)12-14-1-4-16(23)5-2-14/h1-6,11H,7-10,12-13,25H2,(H3,24,26,29). The number of carbonyl (C=O) groups is 2. The Balaban J connectivity index is 1.53. The van der Waals surface area contributed by atoms with E-state index in [4.69, 9.17) is 27.8 Å². The third-order valence-electron chi connectivity index (χ3n) is 5.13. The van der Waals surface area contributed by atoms with E-state index in [1.165, 1.54) is 18.2 Å². The molecule has 0 saturated carbocycles. The van der Waals surface area contributed by atoms with Crippen LogP contribution in [0.25, 0.3) is 0 Å². The van der Waals surface area contributed by atoms with E-state index in [1.807, 2.05) is 0 Å². The molecule has 0 radical (unpaired) electrons. The summed E-state index contributed by atoms with van der Waals surface area (Å²) in [6, 6.07) is 10.2. The summed E-state index contributed by atoms with van der Waals surface area (Å²) in [6.07, 6.45) is 1.88. The van der Waals surface area contributed by atoms with E-state index in [1.54, 1.807) is 29.2 Å². The number of carbonyl (C=O) groups excluding carboxylic acids is 2. The number of nitrogens with two attached hydrogens (primary N) is 2. The number of ether oxygens (including phenoxy) is 1. The van der Waals surface area contributed by atoms with E-state index >= 15 is 0 Å². The number of hydrogen-bond donors (Lipinski definition) is 3. The highest BCUT2D eigenvalue weighted by Gasteiger charge is 2.32. The molecule has 1 heterocycles. The monoisotopic (exact) mass is 434 g/mol. The molecule has 0 unspecified atom stereocenters. The van der Waals surface area contributed by atoms with Gasteiger partial charge in [0, 0.05) is 23.7 Å². The zero-order valence-electron chi connectivity index (χ0n) is 16.4. The van der Waals surface area contributed by atoms with E-state index in [0.29, 0.717) is 48.8 Å². The topological polar surface area (TPSA) is 111 Å². The molecule has 1 aliphatic rings. The first kappa shape index (κ1) is 21.9. The van der Waals surface area contributed by atoms with Gasteiger partial charge in [-0.05, 0) is 55.2 Å². The zero-order valence-corrected chi connectivity index (χ0v) is 17.1. The molecule has 0 aromatic heterocycles. The molecular weight excluding hydrogens is 411 g/mol. The molecule has 2 aromatic carbocycles. The van der Waals surface area contributed by atoms with Crippen molar-refractivity contribution in [2.24, 2.45) is 11.5 Å². The number of primary amides is 1. The summed E-state index contributed by atoms with van der Waals surface area (Å²) in [5, 5.41) is 2.82. The number of amides is 3. The van der Waals surface area contributed by atoms with Crippen LogP contribution in [0, 0.1) is 5.82 Å². The number of benzene rings is 2. The molecule has 7 nitrogen and oxygen atoms in total. The third-order valence-corrected chi connectivity index (χ3v) is 5.37. The van der Waals surface area contributed by atoms with Crippen molar-refractivity contribution in [3.8, 4) is 5.75 Å². The fraction of sp³-hybridized carbons (Fsp3) is 0.333. The maximum Gasteiger partial charge on any atom is 0.316 e. The maximum atomic E-state index is 13.1. The van der Waals surface area contributed by atoms with Gasteiger partial charge >= 0.3 is 6.03 Å². The van der Waals surface area contributed by atoms with Crippen molar-refractivity contribution in [2.45, 2.75) is 24.8 Å². The number of halogens is 2. The van der Waals surface area contributed by atoms with Crippen LogP contribution in [-0.4, -0.2) is 42.1 Å². The fourth-order valence-corrected chi connectivity index (χ4v) is 3.65. The number of hydrogen-bond acceptors (Lipinski definition) is 4. The first-order chi connectivity index (χ1) is 14.2. The van der Waals surface area contributed by atoms with Gasteiger partial charge in [-0.1, -0.05) is 23.7 Å². The lowest BCUT2D eigenvalue weighted by molar-refractivity contribution is -0.134. The van der Waals surface area contributed by atoms with Crippen molar-refractivity contribution in [1.82, 2.24) is 4.90 Å². The Morgan fingerprint density at radius 1 is 1.17 bits per heavy atom. The number of anilines is 1. The Kier molecular flexibility index (Phi) is 6.79. The van der Waals surface area contributed by atoms with Crippen LogP contribution in [0.1, 0.15) is 18.4 Å². The van der Waals surface area contributed by atoms with Gasteiger partial charge in [0.25, 0.3) is 5.91 Å². The van der Waals surface area contributed by atoms with Crippen molar-refractivity contribution in [3.63, 3.8) is 0 Å². The van der Waals surface area contributed by atoms with Gasteiger partial charge in [0.15, 0.2) is 6.61 Å².